The summed E-state index contributed by atoms with van der Waals surface area (Å²) in [7, 11) is -7.34. The zero-order valence-corrected chi connectivity index (χ0v) is 37.4. The SMILES string of the molecule is O=C(OCCC(F)(F)C(F)(F)C(F)(F)C(F)(F)C(F)(F)C(F)(F)C(F)(F)C(F)(F)C(F)(F)C(F)(F)F)C(C(=O)OCCC(F)(F)C(F)(F)C(F)(F)C(F)(F)C(F)(F)C(F)(F)C(F)(F)C(F)(F)C(F)(F)C(F)(F)F)S(=O)(=O)[O-].[Na+]. The third kappa shape index (κ3) is 10.8. The van der Waals surface area contributed by atoms with E-state index in [-0.39, 0.29) is 29.6 Å². The van der Waals surface area contributed by atoms with Gasteiger partial charge in [0.25, 0.3) is 0 Å². The van der Waals surface area contributed by atoms with Crippen LogP contribution in [0.25, 0.3) is 0 Å². The van der Waals surface area contributed by atoms with Gasteiger partial charge >= 0.3 is 160 Å². The molecule has 0 saturated carbocycles. The summed E-state index contributed by atoms with van der Waals surface area (Å²) < 4.78 is 607. The number of carbonyl (C=O) groups excluding carboxylic acids is 2. The first-order chi connectivity index (χ1) is 32.6. The molecule has 7 nitrogen and oxygen atoms in total. The Bertz CT molecular complexity index is 2120. The minimum Gasteiger partial charge on any atom is -0.747 e. The molecule has 0 aromatic rings. The normalized spacial score (nSPS) is 16.3. The van der Waals surface area contributed by atoms with E-state index in [4.69, 9.17) is 0 Å². The smallest absolute Gasteiger partial charge is 0.747 e. The van der Waals surface area contributed by atoms with E-state index in [9.17, 15) is 207 Å². The van der Waals surface area contributed by atoms with Crippen LogP contribution in [0.3, 0.4) is 0 Å². The van der Waals surface area contributed by atoms with Gasteiger partial charge in [-0.25, -0.2) is 8.42 Å². The second kappa shape index (κ2) is 20.7. The fourth-order valence-electron chi connectivity index (χ4n) is 4.54. The molecule has 0 radical (unpaired) electrons. The molecule has 0 aliphatic rings. The molecule has 0 atom stereocenters. The molecule has 0 spiro atoms. The van der Waals surface area contributed by atoms with Crippen molar-refractivity contribution in [3.8, 4) is 0 Å². The summed E-state index contributed by atoms with van der Waals surface area (Å²) in [5, 5.41) is -4.90. The van der Waals surface area contributed by atoms with Crippen LogP contribution in [0.2, 0.25) is 0 Å². The van der Waals surface area contributed by atoms with Gasteiger partial charge in [-0.3, -0.25) is 9.59 Å². The van der Waals surface area contributed by atoms with Crippen LogP contribution in [0.4, 0.5) is 184 Å². The van der Waals surface area contributed by atoms with E-state index in [1.54, 1.807) is 0 Å². The van der Waals surface area contributed by atoms with E-state index >= 15 is 0 Å². The van der Waals surface area contributed by atoms with Gasteiger partial charge in [-0.2, -0.15) is 184 Å². The summed E-state index contributed by atoms with van der Waals surface area (Å²) in [6.07, 6.45) is -24.7. The van der Waals surface area contributed by atoms with Gasteiger partial charge in [0.15, 0.2) is 0 Å². The van der Waals surface area contributed by atoms with Gasteiger partial charge in [0.1, 0.15) is 10.1 Å². The molecule has 0 rings (SSSR count). The monoisotopic (exact) mass is 1300 g/mol. The van der Waals surface area contributed by atoms with Crippen LogP contribution < -0.4 is 29.6 Å². The molecule has 0 aliphatic carbocycles. The molecular weight excluding hydrogens is 1290 g/mol. The van der Waals surface area contributed by atoms with E-state index < -0.39 is 172 Å². The second-order valence-corrected chi connectivity index (χ2v) is 15.8. The maximum absolute atomic E-state index is 14.1. The average Bonchev–Trinajstić information content (AvgIpc) is 3.17. The van der Waals surface area contributed by atoms with Crippen LogP contribution in [-0.4, -0.2) is 162 Å². The van der Waals surface area contributed by atoms with Crippen molar-refractivity contribution in [1.29, 1.82) is 0 Å². The molecule has 0 aromatic heterocycles. The predicted molar refractivity (Wildman–Crippen MR) is 146 cm³/mol. The van der Waals surface area contributed by atoms with E-state index in [0.717, 1.165) is 0 Å². The maximum atomic E-state index is 14.1. The fraction of sp³-hybridized carbons (Fsp3) is 0.926. The van der Waals surface area contributed by atoms with Crippen molar-refractivity contribution in [2.24, 2.45) is 0 Å². The summed E-state index contributed by atoms with van der Waals surface area (Å²) >= 11 is 0. The molecule has 0 unspecified atom stereocenters. The summed E-state index contributed by atoms with van der Waals surface area (Å²) in [5.41, 5.74) is 0. The van der Waals surface area contributed by atoms with Crippen molar-refractivity contribution in [1.82, 2.24) is 0 Å². The van der Waals surface area contributed by atoms with E-state index in [0.29, 0.717) is 0 Å². The quantitative estimate of drug-likeness (QED) is 0.0295. The van der Waals surface area contributed by atoms with Crippen LogP contribution in [0.5, 0.6) is 0 Å². The zero-order valence-electron chi connectivity index (χ0n) is 34.5. The number of hydrogen-bond donors (Lipinski definition) is 0. The minimum atomic E-state index is -9.70. The maximum Gasteiger partial charge on any atom is 1.00 e. The molecule has 460 valence electrons. The Morgan fingerprint density at radius 3 is 0.577 bits per heavy atom. The molecular formula is C27H9F42NaO7S. The Morgan fingerprint density at radius 2 is 0.436 bits per heavy atom. The van der Waals surface area contributed by atoms with Crippen molar-refractivity contribution in [3.63, 3.8) is 0 Å². The number of alkyl halides is 42. The Balaban J connectivity index is 0. The Hall–Kier alpha value is -3.09. The fourth-order valence-corrected chi connectivity index (χ4v) is 5.15. The first-order valence-electron chi connectivity index (χ1n) is 16.9. The van der Waals surface area contributed by atoms with Crippen molar-refractivity contribution in [2.75, 3.05) is 13.2 Å². The van der Waals surface area contributed by atoms with Crippen molar-refractivity contribution < 1.29 is 246 Å². The van der Waals surface area contributed by atoms with Gasteiger partial charge in [-0.1, -0.05) is 0 Å². The second-order valence-electron chi connectivity index (χ2n) is 14.3. The van der Waals surface area contributed by atoms with Crippen molar-refractivity contribution in [3.05, 3.63) is 0 Å². The summed E-state index contributed by atoms with van der Waals surface area (Å²) in [5.74, 6) is -172. The van der Waals surface area contributed by atoms with Crippen LogP contribution >= 0.6 is 0 Å². The molecule has 0 heterocycles. The van der Waals surface area contributed by atoms with Crippen molar-refractivity contribution in [2.45, 2.75) is 137 Å². The van der Waals surface area contributed by atoms with Crippen LogP contribution in [0.15, 0.2) is 0 Å². The van der Waals surface area contributed by atoms with Crippen LogP contribution in [0.1, 0.15) is 12.8 Å². The average molecular weight is 1300 g/mol. The Kier molecular flexibility index (Phi) is 20.4. The number of halogens is 42. The summed E-state index contributed by atoms with van der Waals surface area (Å²) in [6.45, 7) is -6.78. The largest absolute Gasteiger partial charge is 1.00 e. The summed E-state index contributed by atoms with van der Waals surface area (Å²) in [4.78, 5) is 23.6. The molecule has 0 bridgehead atoms. The van der Waals surface area contributed by atoms with Gasteiger partial charge in [0, 0.05) is 0 Å². The van der Waals surface area contributed by atoms with E-state index in [1.165, 1.54) is 0 Å². The topological polar surface area (TPSA) is 110 Å². The third-order valence-corrected chi connectivity index (χ3v) is 10.2. The van der Waals surface area contributed by atoms with Gasteiger partial charge in [-0.15, -0.1) is 0 Å². The number of hydrogen-bond acceptors (Lipinski definition) is 7. The standard InChI is InChI=1S/C27H10F42O7S.Na/c28-8(29,10(32,33)12(36,37)14(40,41)16(44,45)18(48,49)20(52,53)22(56,57)24(60,61)26(64,65)66)1-3-75-6(70)5(77(72,73)74)7(71)76-4-2-9(30,31)11(34,35)13(38,39)15(42,43)17(46,47)19(50,51)21(54,55)23(58,59)25(62,63)27(67,68)69;/h5H,1-4H2,(H,72,73,74);/q;+1/p-1. The first kappa shape index (κ1) is 77.0. The van der Waals surface area contributed by atoms with Gasteiger partial charge in [0.05, 0.1) is 26.1 Å². The first-order valence-corrected chi connectivity index (χ1v) is 18.3. The number of esters is 2. The van der Waals surface area contributed by atoms with Gasteiger partial charge in [-0.05, 0) is 0 Å². The van der Waals surface area contributed by atoms with Crippen LogP contribution in [0, 0.1) is 0 Å². The van der Waals surface area contributed by atoms with Crippen molar-refractivity contribution >= 4 is 22.1 Å². The molecule has 0 fully saturated rings. The number of ether oxygens (including phenoxy) is 2. The Labute approximate surface area is 418 Å². The minimum absolute atomic E-state index is 0. The van der Waals surface area contributed by atoms with E-state index in [2.05, 4.69) is 9.47 Å². The zero-order chi connectivity index (χ0) is 63.5. The Morgan fingerprint density at radius 1 is 0.295 bits per heavy atom. The molecule has 0 N–H and O–H groups in total. The summed E-state index contributed by atoms with van der Waals surface area (Å²) in [6, 6.07) is 0. The molecule has 0 saturated heterocycles. The third-order valence-electron chi connectivity index (χ3n) is 9.19. The predicted octanol–water partition coefficient (Wildman–Crippen LogP) is 9.33. The molecule has 0 aliphatic heterocycles. The number of carbonyl (C=O) groups is 2. The molecule has 78 heavy (non-hydrogen) atoms. The van der Waals surface area contributed by atoms with Gasteiger partial charge in [0.2, 0.25) is 5.25 Å². The van der Waals surface area contributed by atoms with E-state index in [1.807, 2.05) is 0 Å². The molecule has 0 aromatic carbocycles. The molecule has 51 heteroatoms. The van der Waals surface area contributed by atoms with Crippen LogP contribution in [-0.2, 0) is 29.2 Å². The van der Waals surface area contributed by atoms with Gasteiger partial charge < -0.3 is 14.0 Å². The molecule has 0 amide bonds. The number of rotatable bonds is 25.